The molecular weight excluding hydrogens is 400 g/mol. The number of fused-ring (bicyclic) bond motifs is 1. The lowest BCUT2D eigenvalue weighted by Gasteiger charge is -2.26. The van der Waals surface area contributed by atoms with Gasteiger partial charge in [-0.1, -0.05) is 66.7 Å². The monoisotopic (exact) mass is 422 g/mol. The molecule has 1 saturated heterocycles. The smallest absolute Gasteiger partial charge is 0.321 e. The lowest BCUT2D eigenvalue weighted by Crippen LogP contribution is -3.00. The Morgan fingerprint density at radius 1 is 0.900 bits per heavy atom. The molecule has 1 aliphatic rings. The topological polar surface area (TPSA) is 66.1 Å². The van der Waals surface area contributed by atoms with Gasteiger partial charge in [0.2, 0.25) is 0 Å². The molecule has 30 heavy (non-hydrogen) atoms. The van der Waals surface area contributed by atoms with E-state index in [1.54, 1.807) is 0 Å². The second-order valence-corrected chi connectivity index (χ2v) is 7.29. The summed E-state index contributed by atoms with van der Waals surface area (Å²) in [5.74, 6) is -0.168. The highest BCUT2D eigenvalue weighted by Gasteiger charge is 2.52. The molecule has 2 N–H and O–H groups in total. The third-order valence-electron chi connectivity index (χ3n) is 5.66. The Morgan fingerprint density at radius 2 is 1.50 bits per heavy atom. The quantitative estimate of drug-likeness (QED) is 0.335. The SMILES string of the molecule is O.O=C1OC(C[n+]2ccn3ccccc32)CC1(c1ccccc1)c1ccccc1.[Cl-]. The van der Waals surface area contributed by atoms with Crippen LogP contribution in [0.3, 0.4) is 0 Å². The van der Waals surface area contributed by atoms with E-state index in [0.717, 1.165) is 16.8 Å². The summed E-state index contributed by atoms with van der Waals surface area (Å²) < 4.78 is 10.2. The Bertz CT molecular complexity index is 1090. The van der Waals surface area contributed by atoms with Gasteiger partial charge in [-0.05, 0) is 17.2 Å². The standard InChI is InChI=1S/C24H21N2O2.ClH.H2O/c27-23-24(19-9-3-1-4-10-19,20-11-5-2-6-12-20)17-21(28-23)18-26-16-15-25-14-8-7-13-22(25)26;;/h1-16,21H,17-18H2;1H;1H2/q+1;;/p-1. The molecule has 2 aromatic carbocycles. The number of esters is 1. The van der Waals surface area contributed by atoms with E-state index >= 15 is 0 Å². The van der Waals surface area contributed by atoms with Crippen molar-refractivity contribution in [1.82, 2.24) is 4.40 Å². The zero-order valence-corrected chi connectivity index (χ0v) is 17.1. The van der Waals surface area contributed by atoms with E-state index in [9.17, 15) is 4.79 Å². The summed E-state index contributed by atoms with van der Waals surface area (Å²) in [6.07, 6.45) is 6.51. The molecule has 1 atom stereocenters. The van der Waals surface area contributed by atoms with Crippen LogP contribution in [0.5, 0.6) is 0 Å². The molecule has 1 fully saturated rings. The number of benzene rings is 2. The van der Waals surface area contributed by atoms with Crippen LogP contribution >= 0.6 is 0 Å². The molecule has 0 spiro atoms. The van der Waals surface area contributed by atoms with E-state index in [1.165, 1.54) is 0 Å². The molecule has 0 amide bonds. The lowest BCUT2D eigenvalue weighted by atomic mass is 9.72. The van der Waals surface area contributed by atoms with Gasteiger partial charge in [-0.15, -0.1) is 0 Å². The van der Waals surface area contributed by atoms with Crippen LogP contribution in [-0.4, -0.2) is 22.0 Å². The van der Waals surface area contributed by atoms with Crippen LogP contribution in [-0.2, 0) is 21.5 Å². The Balaban J connectivity index is 0.00000128. The minimum Gasteiger partial charge on any atom is -1.00 e. The molecular formula is C24H23ClN2O3. The summed E-state index contributed by atoms with van der Waals surface area (Å²) in [4.78, 5) is 13.3. The Hall–Kier alpha value is -3.15. The average Bonchev–Trinajstić information content (AvgIpc) is 3.31. The molecule has 1 aliphatic heterocycles. The summed E-state index contributed by atoms with van der Waals surface area (Å²) >= 11 is 0. The molecule has 0 saturated carbocycles. The number of hydrogen-bond donors (Lipinski definition) is 0. The van der Waals surface area contributed by atoms with Crippen LogP contribution < -0.4 is 17.0 Å². The molecule has 0 radical (unpaired) electrons. The van der Waals surface area contributed by atoms with Crippen molar-refractivity contribution < 1.29 is 32.0 Å². The van der Waals surface area contributed by atoms with Crippen molar-refractivity contribution in [2.75, 3.05) is 0 Å². The number of aromatic nitrogens is 2. The van der Waals surface area contributed by atoms with Gasteiger partial charge in [-0.2, -0.15) is 0 Å². The number of hydrogen-bond acceptors (Lipinski definition) is 2. The molecule has 4 aromatic rings. The largest absolute Gasteiger partial charge is 1.00 e. The van der Waals surface area contributed by atoms with Crippen molar-refractivity contribution in [2.24, 2.45) is 0 Å². The van der Waals surface area contributed by atoms with Crippen LogP contribution in [0, 0.1) is 0 Å². The first-order valence-electron chi connectivity index (χ1n) is 9.55. The fourth-order valence-electron chi connectivity index (χ4n) is 4.32. The summed E-state index contributed by atoms with van der Waals surface area (Å²) in [5.41, 5.74) is 2.29. The molecule has 2 aromatic heterocycles. The Kier molecular flexibility index (Phi) is 6.25. The minimum atomic E-state index is -0.761. The highest BCUT2D eigenvalue weighted by atomic mass is 35.5. The first kappa shape index (κ1) is 21.6. The number of carbonyl (C=O) groups excluding carboxylic acids is 1. The van der Waals surface area contributed by atoms with Gasteiger partial charge in [-0.25, -0.2) is 8.97 Å². The molecule has 5 rings (SSSR count). The first-order chi connectivity index (χ1) is 13.8. The van der Waals surface area contributed by atoms with Gasteiger partial charge >= 0.3 is 5.97 Å². The number of imidazole rings is 1. The van der Waals surface area contributed by atoms with Crippen molar-refractivity contribution in [3.63, 3.8) is 0 Å². The molecule has 0 bridgehead atoms. The maximum atomic E-state index is 13.3. The predicted octanol–water partition coefficient (Wildman–Crippen LogP) is -0.292. The fourth-order valence-corrected chi connectivity index (χ4v) is 4.32. The van der Waals surface area contributed by atoms with Crippen LogP contribution in [0.2, 0.25) is 0 Å². The van der Waals surface area contributed by atoms with Crippen molar-refractivity contribution in [3.8, 4) is 0 Å². The van der Waals surface area contributed by atoms with E-state index in [0.29, 0.717) is 13.0 Å². The number of pyridine rings is 1. The van der Waals surface area contributed by atoms with Gasteiger partial charge in [0.25, 0.3) is 5.65 Å². The van der Waals surface area contributed by atoms with Crippen molar-refractivity contribution in [2.45, 2.75) is 24.5 Å². The first-order valence-corrected chi connectivity index (χ1v) is 9.55. The van der Waals surface area contributed by atoms with Crippen molar-refractivity contribution in [3.05, 3.63) is 109 Å². The average molecular weight is 423 g/mol. The number of rotatable bonds is 4. The van der Waals surface area contributed by atoms with E-state index in [4.69, 9.17) is 4.74 Å². The molecule has 0 aliphatic carbocycles. The van der Waals surface area contributed by atoms with Gasteiger partial charge in [0.15, 0.2) is 0 Å². The van der Waals surface area contributed by atoms with Crippen LogP contribution in [0.1, 0.15) is 17.5 Å². The number of ether oxygens (including phenoxy) is 1. The number of cyclic esters (lactones) is 1. The Morgan fingerprint density at radius 3 is 2.13 bits per heavy atom. The van der Waals surface area contributed by atoms with Gasteiger partial charge in [0.1, 0.15) is 30.5 Å². The molecule has 154 valence electrons. The maximum absolute atomic E-state index is 13.3. The van der Waals surface area contributed by atoms with Crippen LogP contribution in [0.15, 0.2) is 97.5 Å². The predicted molar refractivity (Wildman–Crippen MR) is 109 cm³/mol. The second-order valence-electron chi connectivity index (χ2n) is 7.29. The molecule has 5 nitrogen and oxygen atoms in total. The third-order valence-corrected chi connectivity index (χ3v) is 5.66. The van der Waals surface area contributed by atoms with Gasteiger partial charge in [-0.3, -0.25) is 4.79 Å². The number of halogens is 1. The van der Waals surface area contributed by atoms with E-state index in [1.807, 2.05) is 91.4 Å². The highest BCUT2D eigenvalue weighted by Crippen LogP contribution is 2.43. The van der Waals surface area contributed by atoms with E-state index in [-0.39, 0.29) is 30.0 Å². The summed E-state index contributed by atoms with van der Waals surface area (Å²) in [5, 5.41) is 0. The van der Waals surface area contributed by atoms with Gasteiger partial charge in [0, 0.05) is 12.5 Å². The summed E-state index contributed by atoms with van der Waals surface area (Å²) in [6.45, 7) is 0.633. The molecule has 3 heterocycles. The van der Waals surface area contributed by atoms with E-state index in [2.05, 4.69) is 15.0 Å². The fraction of sp³-hybridized carbons (Fsp3) is 0.167. The maximum Gasteiger partial charge on any atom is 0.321 e. The Labute approximate surface area is 181 Å². The van der Waals surface area contributed by atoms with Gasteiger partial charge in [0.05, 0.1) is 6.20 Å². The van der Waals surface area contributed by atoms with Gasteiger partial charge < -0.3 is 22.6 Å². The van der Waals surface area contributed by atoms with Crippen LogP contribution in [0.4, 0.5) is 0 Å². The molecule has 6 heteroatoms. The normalized spacial score (nSPS) is 17.1. The zero-order chi connectivity index (χ0) is 19.0. The molecule has 1 unspecified atom stereocenters. The minimum absolute atomic E-state index is 0. The van der Waals surface area contributed by atoms with E-state index < -0.39 is 5.41 Å². The summed E-state index contributed by atoms with van der Waals surface area (Å²) in [6, 6.07) is 26.1. The number of carbonyl (C=O) groups is 1. The second kappa shape index (κ2) is 8.69. The van der Waals surface area contributed by atoms with Crippen molar-refractivity contribution in [1.29, 1.82) is 0 Å². The van der Waals surface area contributed by atoms with Crippen LogP contribution in [0.25, 0.3) is 5.65 Å². The van der Waals surface area contributed by atoms with Crippen molar-refractivity contribution >= 4 is 11.6 Å². The number of nitrogens with zero attached hydrogens (tertiary/aromatic N) is 2. The highest BCUT2D eigenvalue weighted by molar-refractivity contribution is 5.89. The lowest BCUT2D eigenvalue weighted by molar-refractivity contribution is -0.677. The zero-order valence-electron chi connectivity index (χ0n) is 16.3. The summed E-state index contributed by atoms with van der Waals surface area (Å²) in [7, 11) is 0. The third kappa shape index (κ3) is 3.47.